The molecule has 0 amide bonds. The fourth-order valence-corrected chi connectivity index (χ4v) is 1.97. The fraction of sp³-hybridized carbons (Fsp3) is 0.250. The minimum Gasteiger partial charge on any atom is -0.261 e. The van der Waals surface area contributed by atoms with Gasteiger partial charge in [-0.05, 0) is 49.8 Å². The van der Waals surface area contributed by atoms with Crippen molar-refractivity contribution in [3.8, 4) is 0 Å². The number of rotatable bonds is 5. The molecule has 1 aromatic heterocycles. The van der Waals surface area contributed by atoms with Gasteiger partial charge < -0.3 is 0 Å². The molecule has 2 aromatic rings. The van der Waals surface area contributed by atoms with Gasteiger partial charge in [0.1, 0.15) is 0 Å². The molecule has 0 fully saturated rings. The highest BCUT2D eigenvalue weighted by molar-refractivity contribution is 5.20. The molecule has 1 heterocycles. The van der Waals surface area contributed by atoms with E-state index in [1.54, 1.807) is 0 Å². The molecular formula is C16H18N. The molecule has 17 heavy (non-hydrogen) atoms. The van der Waals surface area contributed by atoms with Crippen molar-refractivity contribution in [1.29, 1.82) is 0 Å². The monoisotopic (exact) mass is 224 g/mol. The van der Waals surface area contributed by atoms with Crippen molar-refractivity contribution < 1.29 is 0 Å². The molecule has 1 heteroatoms. The molecule has 87 valence electrons. The minimum absolute atomic E-state index is 0.389. The number of hydrogen-bond donors (Lipinski definition) is 0. The van der Waals surface area contributed by atoms with Crippen LogP contribution in [-0.4, -0.2) is 4.98 Å². The Morgan fingerprint density at radius 1 is 1.00 bits per heavy atom. The summed E-state index contributed by atoms with van der Waals surface area (Å²) in [5.74, 6) is 0.389. The first-order valence-corrected chi connectivity index (χ1v) is 6.14. The molecule has 1 aromatic carbocycles. The minimum atomic E-state index is 0.389. The van der Waals surface area contributed by atoms with Crippen LogP contribution < -0.4 is 0 Å². The molecule has 0 saturated heterocycles. The highest BCUT2D eigenvalue weighted by Crippen LogP contribution is 2.20. The second-order valence-electron chi connectivity index (χ2n) is 4.32. The molecule has 0 aliphatic carbocycles. The lowest BCUT2D eigenvalue weighted by Gasteiger charge is -2.11. The predicted molar refractivity (Wildman–Crippen MR) is 71.7 cm³/mol. The van der Waals surface area contributed by atoms with Gasteiger partial charge in [0.15, 0.2) is 0 Å². The van der Waals surface area contributed by atoms with E-state index in [1.807, 2.05) is 24.4 Å². The SMILES string of the molecule is [CH2]C(CCCc1ccccn1)c1ccccc1. The molecule has 0 saturated carbocycles. The van der Waals surface area contributed by atoms with E-state index in [-0.39, 0.29) is 0 Å². The maximum atomic E-state index is 4.33. The van der Waals surface area contributed by atoms with Gasteiger partial charge in [0.2, 0.25) is 0 Å². The van der Waals surface area contributed by atoms with Crippen LogP contribution in [0.25, 0.3) is 0 Å². The van der Waals surface area contributed by atoms with Gasteiger partial charge in [0.25, 0.3) is 0 Å². The van der Waals surface area contributed by atoms with Crippen molar-refractivity contribution in [3.63, 3.8) is 0 Å². The van der Waals surface area contributed by atoms with Gasteiger partial charge >= 0.3 is 0 Å². The number of hydrogen-bond acceptors (Lipinski definition) is 1. The standard InChI is InChI=1S/C16H18N/c1-14(15-9-3-2-4-10-15)8-7-12-16-11-5-6-13-17-16/h2-6,9-11,13-14H,1,7-8,12H2. The second-order valence-corrected chi connectivity index (χ2v) is 4.32. The topological polar surface area (TPSA) is 12.9 Å². The van der Waals surface area contributed by atoms with E-state index in [0.29, 0.717) is 5.92 Å². The van der Waals surface area contributed by atoms with Crippen molar-refractivity contribution in [3.05, 3.63) is 72.9 Å². The van der Waals surface area contributed by atoms with Crippen LogP contribution in [0.1, 0.15) is 30.0 Å². The summed E-state index contributed by atoms with van der Waals surface area (Å²) in [6.45, 7) is 4.22. The van der Waals surface area contributed by atoms with Crippen molar-refractivity contribution in [2.75, 3.05) is 0 Å². The molecule has 1 atom stereocenters. The molecule has 0 aliphatic rings. The van der Waals surface area contributed by atoms with Gasteiger partial charge in [-0.25, -0.2) is 0 Å². The summed E-state index contributed by atoms with van der Waals surface area (Å²) in [7, 11) is 0. The Labute approximate surface area is 104 Å². The smallest absolute Gasteiger partial charge is 0.0403 e. The zero-order chi connectivity index (χ0) is 11.9. The van der Waals surface area contributed by atoms with Gasteiger partial charge in [-0.2, -0.15) is 0 Å². The highest BCUT2D eigenvalue weighted by Gasteiger charge is 2.04. The molecule has 0 bridgehead atoms. The summed E-state index contributed by atoms with van der Waals surface area (Å²) in [6, 6.07) is 16.6. The summed E-state index contributed by atoms with van der Waals surface area (Å²) in [4.78, 5) is 4.33. The first-order chi connectivity index (χ1) is 8.36. The van der Waals surface area contributed by atoms with Crippen molar-refractivity contribution in [1.82, 2.24) is 4.98 Å². The lowest BCUT2D eigenvalue weighted by molar-refractivity contribution is 0.666. The van der Waals surface area contributed by atoms with Crippen molar-refractivity contribution in [2.45, 2.75) is 25.2 Å². The van der Waals surface area contributed by atoms with Gasteiger partial charge in [-0.3, -0.25) is 4.98 Å². The van der Waals surface area contributed by atoms with E-state index in [4.69, 9.17) is 0 Å². The highest BCUT2D eigenvalue weighted by atomic mass is 14.7. The van der Waals surface area contributed by atoms with Gasteiger partial charge in [-0.15, -0.1) is 0 Å². The van der Waals surface area contributed by atoms with Crippen LogP contribution in [0, 0.1) is 6.92 Å². The molecule has 1 unspecified atom stereocenters. The van der Waals surface area contributed by atoms with E-state index in [0.717, 1.165) is 19.3 Å². The van der Waals surface area contributed by atoms with Gasteiger partial charge in [0, 0.05) is 11.9 Å². The van der Waals surface area contributed by atoms with Gasteiger partial charge in [0.05, 0.1) is 0 Å². The van der Waals surface area contributed by atoms with E-state index in [1.165, 1.54) is 11.3 Å². The molecule has 2 rings (SSSR count). The summed E-state index contributed by atoms with van der Waals surface area (Å²) in [6.07, 6.45) is 5.15. The summed E-state index contributed by atoms with van der Waals surface area (Å²) < 4.78 is 0. The third-order valence-corrected chi connectivity index (χ3v) is 2.98. The number of pyridine rings is 1. The van der Waals surface area contributed by atoms with Crippen LogP contribution in [-0.2, 0) is 6.42 Å². The Morgan fingerprint density at radius 3 is 2.47 bits per heavy atom. The Hall–Kier alpha value is -1.63. The number of benzene rings is 1. The van der Waals surface area contributed by atoms with Crippen LogP contribution in [0.5, 0.6) is 0 Å². The zero-order valence-corrected chi connectivity index (χ0v) is 10.0. The average Bonchev–Trinajstić information content (AvgIpc) is 2.41. The van der Waals surface area contributed by atoms with E-state index in [9.17, 15) is 0 Å². The molecule has 1 radical (unpaired) electrons. The number of aromatic nitrogens is 1. The molecular weight excluding hydrogens is 206 g/mol. The Kier molecular flexibility index (Phi) is 4.31. The number of aryl methyl sites for hydroxylation is 1. The van der Waals surface area contributed by atoms with Gasteiger partial charge in [-0.1, -0.05) is 36.4 Å². The number of nitrogens with zero attached hydrogens (tertiary/aromatic N) is 1. The zero-order valence-electron chi connectivity index (χ0n) is 10.0. The van der Waals surface area contributed by atoms with Crippen LogP contribution in [0.4, 0.5) is 0 Å². The fourth-order valence-electron chi connectivity index (χ4n) is 1.97. The molecule has 0 N–H and O–H groups in total. The first-order valence-electron chi connectivity index (χ1n) is 6.14. The lowest BCUT2D eigenvalue weighted by atomic mass is 9.95. The summed E-state index contributed by atoms with van der Waals surface area (Å²) in [5.41, 5.74) is 2.50. The van der Waals surface area contributed by atoms with E-state index >= 15 is 0 Å². The maximum Gasteiger partial charge on any atom is 0.0403 e. The van der Waals surface area contributed by atoms with Crippen LogP contribution in [0.2, 0.25) is 0 Å². The van der Waals surface area contributed by atoms with E-state index in [2.05, 4.69) is 42.2 Å². The Balaban J connectivity index is 1.79. The molecule has 0 aliphatic heterocycles. The average molecular weight is 224 g/mol. The third-order valence-electron chi connectivity index (χ3n) is 2.98. The van der Waals surface area contributed by atoms with Crippen LogP contribution in [0.15, 0.2) is 54.7 Å². The first kappa shape index (κ1) is 11.8. The second kappa shape index (κ2) is 6.19. The van der Waals surface area contributed by atoms with Crippen molar-refractivity contribution in [2.24, 2.45) is 0 Å². The third kappa shape index (κ3) is 3.70. The van der Waals surface area contributed by atoms with Crippen LogP contribution >= 0.6 is 0 Å². The largest absolute Gasteiger partial charge is 0.261 e. The van der Waals surface area contributed by atoms with Crippen LogP contribution in [0.3, 0.4) is 0 Å². The Bertz CT molecular complexity index is 422. The maximum absolute atomic E-state index is 4.33. The summed E-state index contributed by atoms with van der Waals surface area (Å²) in [5, 5.41) is 0. The molecule has 0 spiro atoms. The molecule has 1 nitrogen and oxygen atoms in total. The van der Waals surface area contributed by atoms with Crippen molar-refractivity contribution >= 4 is 0 Å². The quantitative estimate of drug-likeness (QED) is 0.747. The Morgan fingerprint density at radius 2 is 1.76 bits per heavy atom. The van der Waals surface area contributed by atoms with E-state index < -0.39 is 0 Å². The lowest BCUT2D eigenvalue weighted by Crippen LogP contribution is -1.96. The predicted octanol–water partition coefficient (Wildman–Crippen LogP) is 4.02. The summed E-state index contributed by atoms with van der Waals surface area (Å²) >= 11 is 0. The normalized spacial score (nSPS) is 12.3.